The SMILES string of the molecule is O=C(C1CC2(CO1)CN(Cc1ccccc1)c1ccccc12)N1CCCC1. The minimum Gasteiger partial charge on any atom is -0.367 e. The van der Waals surface area contributed by atoms with E-state index >= 15 is 0 Å². The summed E-state index contributed by atoms with van der Waals surface area (Å²) >= 11 is 0. The molecule has 2 unspecified atom stereocenters. The molecule has 0 aliphatic carbocycles. The molecule has 4 heteroatoms. The van der Waals surface area contributed by atoms with Gasteiger partial charge in [-0.2, -0.15) is 0 Å². The first-order valence-corrected chi connectivity index (χ1v) is 10.0. The molecule has 0 N–H and O–H groups in total. The topological polar surface area (TPSA) is 32.8 Å². The number of nitrogens with zero attached hydrogens (tertiary/aromatic N) is 2. The van der Waals surface area contributed by atoms with Crippen LogP contribution >= 0.6 is 0 Å². The number of fused-ring (bicyclic) bond motifs is 2. The van der Waals surface area contributed by atoms with Crippen LogP contribution in [-0.2, 0) is 21.5 Å². The lowest BCUT2D eigenvalue weighted by atomic mass is 9.80. The molecule has 5 rings (SSSR count). The van der Waals surface area contributed by atoms with Crippen LogP contribution in [0.25, 0.3) is 0 Å². The molecule has 2 aromatic carbocycles. The number of carbonyl (C=O) groups is 1. The standard InChI is InChI=1S/C23H26N2O2/c26-22(24-12-6-7-13-24)21-14-23(17-27-21)16-25(15-18-8-2-1-3-9-18)20-11-5-4-10-19(20)23/h1-5,8-11,21H,6-7,12-17H2. The lowest BCUT2D eigenvalue weighted by Gasteiger charge is -2.25. The number of amides is 1. The molecule has 3 heterocycles. The van der Waals surface area contributed by atoms with Crippen LogP contribution < -0.4 is 4.90 Å². The Hall–Kier alpha value is -2.33. The van der Waals surface area contributed by atoms with Gasteiger partial charge in [-0.05, 0) is 36.5 Å². The van der Waals surface area contributed by atoms with E-state index in [9.17, 15) is 4.79 Å². The van der Waals surface area contributed by atoms with Crippen LogP contribution in [0, 0.1) is 0 Å². The quantitative estimate of drug-likeness (QED) is 0.839. The van der Waals surface area contributed by atoms with Crippen molar-refractivity contribution >= 4 is 11.6 Å². The van der Waals surface area contributed by atoms with E-state index in [2.05, 4.69) is 59.5 Å². The van der Waals surface area contributed by atoms with E-state index in [4.69, 9.17) is 4.74 Å². The number of para-hydroxylation sites is 1. The molecule has 27 heavy (non-hydrogen) atoms. The lowest BCUT2D eigenvalue weighted by molar-refractivity contribution is -0.139. The molecule has 140 valence electrons. The van der Waals surface area contributed by atoms with Crippen LogP contribution in [0.3, 0.4) is 0 Å². The third-order valence-corrected chi connectivity index (χ3v) is 6.36. The van der Waals surface area contributed by atoms with Crippen molar-refractivity contribution in [3.63, 3.8) is 0 Å². The maximum atomic E-state index is 12.9. The van der Waals surface area contributed by atoms with E-state index in [0.29, 0.717) is 6.61 Å². The molecule has 1 amide bonds. The molecule has 1 spiro atoms. The van der Waals surface area contributed by atoms with E-state index in [0.717, 1.165) is 45.4 Å². The largest absolute Gasteiger partial charge is 0.367 e. The van der Waals surface area contributed by atoms with Crippen molar-refractivity contribution in [2.24, 2.45) is 0 Å². The Morgan fingerprint density at radius 3 is 2.59 bits per heavy atom. The summed E-state index contributed by atoms with van der Waals surface area (Å²) in [4.78, 5) is 17.3. The second kappa shape index (κ2) is 6.68. The zero-order chi connectivity index (χ0) is 18.3. The van der Waals surface area contributed by atoms with Gasteiger partial charge in [0.05, 0.1) is 6.61 Å². The second-order valence-electron chi connectivity index (χ2n) is 8.18. The first kappa shape index (κ1) is 16.8. The zero-order valence-electron chi connectivity index (χ0n) is 15.6. The number of ether oxygens (including phenoxy) is 1. The highest BCUT2D eigenvalue weighted by Gasteiger charge is 2.50. The summed E-state index contributed by atoms with van der Waals surface area (Å²) in [6, 6.07) is 19.3. The van der Waals surface area contributed by atoms with Crippen molar-refractivity contribution in [2.45, 2.75) is 37.3 Å². The normalized spacial score (nSPS) is 26.7. The van der Waals surface area contributed by atoms with Gasteiger partial charge in [0.15, 0.2) is 0 Å². The number of carbonyl (C=O) groups excluding carboxylic acids is 1. The van der Waals surface area contributed by atoms with Gasteiger partial charge in [0, 0.05) is 37.3 Å². The van der Waals surface area contributed by atoms with Gasteiger partial charge < -0.3 is 14.5 Å². The van der Waals surface area contributed by atoms with Crippen LogP contribution in [-0.4, -0.2) is 43.2 Å². The van der Waals surface area contributed by atoms with Gasteiger partial charge in [0.2, 0.25) is 0 Å². The highest BCUT2D eigenvalue weighted by atomic mass is 16.5. The van der Waals surface area contributed by atoms with Crippen molar-refractivity contribution in [2.75, 3.05) is 31.1 Å². The van der Waals surface area contributed by atoms with Crippen LogP contribution in [0.1, 0.15) is 30.4 Å². The third-order valence-electron chi connectivity index (χ3n) is 6.36. The van der Waals surface area contributed by atoms with Crippen molar-refractivity contribution in [3.8, 4) is 0 Å². The van der Waals surface area contributed by atoms with E-state index < -0.39 is 0 Å². The summed E-state index contributed by atoms with van der Waals surface area (Å²) in [6.45, 7) is 4.24. The maximum Gasteiger partial charge on any atom is 0.251 e. The molecular weight excluding hydrogens is 336 g/mol. The Morgan fingerprint density at radius 2 is 1.78 bits per heavy atom. The van der Waals surface area contributed by atoms with Gasteiger partial charge in [-0.3, -0.25) is 4.79 Å². The number of rotatable bonds is 3. The molecule has 2 saturated heterocycles. The monoisotopic (exact) mass is 362 g/mol. The molecule has 2 atom stereocenters. The number of benzene rings is 2. The fraction of sp³-hybridized carbons (Fsp3) is 0.435. The molecule has 2 aromatic rings. The maximum absolute atomic E-state index is 12.9. The van der Waals surface area contributed by atoms with E-state index in [1.165, 1.54) is 16.8 Å². The van der Waals surface area contributed by atoms with Crippen LogP contribution in [0.15, 0.2) is 54.6 Å². The Labute approximate surface area is 160 Å². The van der Waals surface area contributed by atoms with Crippen LogP contribution in [0.4, 0.5) is 5.69 Å². The van der Waals surface area contributed by atoms with E-state index in [1.54, 1.807) is 0 Å². The Kier molecular flexibility index (Phi) is 4.16. The minimum atomic E-state index is -0.284. The van der Waals surface area contributed by atoms with Gasteiger partial charge in [-0.25, -0.2) is 0 Å². The predicted octanol–water partition coefficient (Wildman–Crippen LogP) is 3.36. The zero-order valence-corrected chi connectivity index (χ0v) is 15.6. The lowest BCUT2D eigenvalue weighted by Crippen LogP contribution is -2.38. The summed E-state index contributed by atoms with van der Waals surface area (Å²) in [5.74, 6) is 0.198. The first-order chi connectivity index (χ1) is 13.3. The highest BCUT2D eigenvalue weighted by molar-refractivity contribution is 5.82. The van der Waals surface area contributed by atoms with Crippen molar-refractivity contribution in [1.82, 2.24) is 4.90 Å². The molecule has 0 radical (unpaired) electrons. The van der Waals surface area contributed by atoms with Crippen molar-refractivity contribution in [1.29, 1.82) is 0 Å². The van der Waals surface area contributed by atoms with Gasteiger partial charge in [-0.15, -0.1) is 0 Å². The Balaban J connectivity index is 1.39. The Morgan fingerprint density at radius 1 is 1.04 bits per heavy atom. The fourth-order valence-electron chi connectivity index (χ4n) is 5.01. The second-order valence-corrected chi connectivity index (χ2v) is 8.18. The molecule has 3 aliphatic heterocycles. The third kappa shape index (κ3) is 2.92. The minimum absolute atomic E-state index is 0.0641. The number of likely N-dealkylation sites (tertiary alicyclic amines) is 1. The Bertz CT molecular complexity index is 831. The van der Waals surface area contributed by atoms with Crippen molar-refractivity contribution in [3.05, 3.63) is 65.7 Å². The molecular formula is C23H26N2O2. The fourth-order valence-corrected chi connectivity index (χ4v) is 5.01. The summed E-state index contributed by atoms with van der Waals surface area (Å²) in [5, 5.41) is 0. The van der Waals surface area contributed by atoms with Gasteiger partial charge in [0.1, 0.15) is 6.10 Å². The summed E-state index contributed by atoms with van der Waals surface area (Å²) < 4.78 is 6.10. The number of hydrogen-bond donors (Lipinski definition) is 0. The highest BCUT2D eigenvalue weighted by Crippen LogP contribution is 2.48. The van der Waals surface area contributed by atoms with Crippen LogP contribution in [0.2, 0.25) is 0 Å². The molecule has 3 aliphatic rings. The number of hydrogen-bond acceptors (Lipinski definition) is 3. The van der Waals surface area contributed by atoms with Gasteiger partial charge >= 0.3 is 0 Å². The first-order valence-electron chi connectivity index (χ1n) is 10.0. The van der Waals surface area contributed by atoms with E-state index in [1.807, 2.05) is 4.90 Å². The van der Waals surface area contributed by atoms with Gasteiger partial charge in [0.25, 0.3) is 5.91 Å². The molecule has 2 fully saturated rings. The predicted molar refractivity (Wildman–Crippen MR) is 106 cm³/mol. The summed E-state index contributed by atoms with van der Waals surface area (Å²) in [6.07, 6.45) is 2.76. The van der Waals surface area contributed by atoms with Crippen LogP contribution in [0.5, 0.6) is 0 Å². The molecule has 0 aromatic heterocycles. The van der Waals surface area contributed by atoms with Crippen molar-refractivity contribution < 1.29 is 9.53 Å². The average Bonchev–Trinajstić information content (AvgIpc) is 3.44. The summed E-state index contributed by atoms with van der Waals surface area (Å²) in [7, 11) is 0. The molecule has 0 bridgehead atoms. The molecule has 4 nitrogen and oxygen atoms in total. The molecule has 0 saturated carbocycles. The van der Waals surface area contributed by atoms with E-state index in [-0.39, 0.29) is 17.4 Å². The average molecular weight is 362 g/mol. The van der Waals surface area contributed by atoms with Gasteiger partial charge in [-0.1, -0.05) is 48.5 Å². The smallest absolute Gasteiger partial charge is 0.251 e. The summed E-state index contributed by atoms with van der Waals surface area (Å²) in [5.41, 5.74) is 3.88. The number of anilines is 1.